The van der Waals surface area contributed by atoms with E-state index in [9.17, 15) is 9.59 Å². The summed E-state index contributed by atoms with van der Waals surface area (Å²) in [6.45, 7) is 5.31. The Morgan fingerprint density at radius 3 is 2.38 bits per heavy atom. The van der Waals surface area contributed by atoms with E-state index < -0.39 is 0 Å². The van der Waals surface area contributed by atoms with Crippen LogP contribution in [0, 0.1) is 5.41 Å². The summed E-state index contributed by atoms with van der Waals surface area (Å²) in [5.74, 6) is 1.04. The third-order valence-corrected chi connectivity index (χ3v) is 5.84. The Bertz CT molecular complexity index is 806. The van der Waals surface area contributed by atoms with Gasteiger partial charge in [0.1, 0.15) is 5.76 Å². The fraction of sp³-hybridized carbons (Fsp3) is 0.429. The number of amides is 1. The Hall–Kier alpha value is -2.40. The van der Waals surface area contributed by atoms with E-state index in [-0.39, 0.29) is 11.7 Å². The molecule has 1 amide bonds. The predicted octanol–water partition coefficient (Wildman–Crippen LogP) is 3.36. The fourth-order valence-corrected chi connectivity index (χ4v) is 4.04. The normalized spacial score (nSPS) is 19.0. The van der Waals surface area contributed by atoms with Crippen molar-refractivity contribution in [1.82, 2.24) is 10.2 Å². The van der Waals surface area contributed by atoms with E-state index in [2.05, 4.69) is 5.32 Å². The van der Waals surface area contributed by atoms with E-state index in [0.29, 0.717) is 22.5 Å². The summed E-state index contributed by atoms with van der Waals surface area (Å²) < 4.78 is 5.81. The first-order valence-electron chi connectivity index (χ1n) is 9.28. The highest BCUT2D eigenvalue weighted by Crippen LogP contribution is 2.37. The van der Waals surface area contributed by atoms with Gasteiger partial charge in [-0.3, -0.25) is 9.59 Å². The number of nitrogens with zero attached hydrogens (tertiary/aromatic N) is 1. The topological polar surface area (TPSA) is 62.6 Å². The van der Waals surface area contributed by atoms with Gasteiger partial charge >= 0.3 is 0 Å². The van der Waals surface area contributed by atoms with Crippen LogP contribution in [-0.2, 0) is 0 Å². The van der Waals surface area contributed by atoms with E-state index in [1.54, 1.807) is 25.1 Å². The first kappa shape index (κ1) is 17.0. The first-order chi connectivity index (χ1) is 12.6. The standard InChI is InChI=1S/C21H24N2O3/c1-15(24)16-2-4-17(5-3-16)18-6-7-19(26-18)20(25)23-12-9-21(10-13-23)8-11-22-14-21/h2-7,22H,8-14H2,1H3. The lowest BCUT2D eigenvalue weighted by atomic mass is 9.78. The molecule has 2 aliphatic rings. The summed E-state index contributed by atoms with van der Waals surface area (Å²) in [6, 6.07) is 10.8. The molecule has 2 aliphatic heterocycles. The number of hydrogen-bond acceptors (Lipinski definition) is 4. The molecule has 1 spiro atoms. The van der Waals surface area contributed by atoms with Gasteiger partial charge in [0.15, 0.2) is 11.5 Å². The maximum Gasteiger partial charge on any atom is 0.289 e. The van der Waals surface area contributed by atoms with Crippen LogP contribution in [0.5, 0.6) is 0 Å². The number of carbonyl (C=O) groups excluding carboxylic acids is 2. The molecule has 26 heavy (non-hydrogen) atoms. The molecule has 1 aromatic carbocycles. The zero-order valence-corrected chi connectivity index (χ0v) is 15.1. The average molecular weight is 352 g/mol. The van der Waals surface area contributed by atoms with Crippen molar-refractivity contribution < 1.29 is 14.0 Å². The number of nitrogens with one attached hydrogen (secondary N) is 1. The molecule has 0 bridgehead atoms. The highest BCUT2D eigenvalue weighted by atomic mass is 16.4. The summed E-state index contributed by atoms with van der Waals surface area (Å²) >= 11 is 0. The molecule has 2 fully saturated rings. The fourth-order valence-electron chi connectivity index (χ4n) is 4.04. The van der Waals surface area contributed by atoms with Gasteiger partial charge in [0.25, 0.3) is 5.91 Å². The molecule has 0 aliphatic carbocycles. The lowest BCUT2D eigenvalue weighted by Gasteiger charge is -2.38. The minimum absolute atomic E-state index is 0.0302. The summed E-state index contributed by atoms with van der Waals surface area (Å²) in [5.41, 5.74) is 1.92. The molecular weight excluding hydrogens is 328 g/mol. The Labute approximate surface area is 153 Å². The van der Waals surface area contributed by atoms with Crippen molar-refractivity contribution in [1.29, 1.82) is 0 Å². The van der Waals surface area contributed by atoms with Crippen LogP contribution >= 0.6 is 0 Å². The number of ketones is 1. The summed E-state index contributed by atoms with van der Waals surface area (Å²) in [4.78, 5) is 26.0. The lowest BCUT2D eigenvalue weighted by Crippen LogP contribution is -2.43. The number of benzene rings is 1. The molecule has 1 aromatic heterocycles. The third kappa shape index (κ3) is 3.19. The molecule has 1 N–H and O–H groups in total. The van der Waals surface area contributed by atoms with Crippen molar-refractivity contribution in [3.8, 4) is 11.3 Å². The van der Waals surface area contributed by atoms with Crippen LogP contribution in [0.2, 0.25) is 0 Å². The van der Waals surface area contributed by atoms with Gasteiger partial charge in [-0.1, -0.05) is 24.3 Å². The van der Waals surface area contributed by atoms with Crippen molar-refractivity contribution in [3.63, 3.8) is 0 Å². The zero-order valence-electron chi connectivity index (χ0n) is 15.1. The van der Waals surface area contributed by atoms with Crippen molar-refractivity contribution >= 4 is 11.7 Å². The largest absolute Gasteiger partial charge is 0.451 e. The second-order valence-corrected chi connectivity index (χ2v) is 7.52. The van der Waals surface area contributed by atoms with Gasteiger partial charge in [-0.2, -0.15) is 0 Å². The van der Waals surface area contributed by atoms with E-state index in [1.807, 2.05) is 23.1 Å². The Balaban J connectivity index is 1.44. The van der Waals surface area contributed by atoms with Crippen molar-refractivity contribution in [2.45, 2.75) is 26.2 Å². The summed E-state index contributed by atoms with van der Waals surface area (Å²) in [6.07, 6.45) is 3.34. The Morgan fingerprint density at radius 2 is 1.77 bits per heavy atom. The number of Topliss-reactive ketones (excluding diaryl/α,β-unsaturated/α-hetero) is 1. The number of hydrogen-bond donors (Lipinski definition) is 1. The van der Waals surface area contributed by atoms with Crippen LogP contribution in [-0.4, -0.2) is 42.8 Å². The number of likely N-dealkylation sites (tertiary alicyclic amines) is 1. The van der Waals surface area contributed by atoms with E-state index >= 15 is 0 Å². The molecule has 2 saturated heterocycles. The van der Waals surface area contributed by atoms with Crippen LogP contribution in [0.3, 0.4) is 0 Å². The molecule has 0 saturated carbocycles. The van der Waals surface area contributed by atoms with Gasteiger partial charge in [-0.15, -0.1) is 0 Å². The average Bonchev–Trinajstić information content (AvgIpc) is 3.32. The van der Waals surface area contributed by atoms with Crippen LogP contribution in [0.4, 0.5) is 0 Å². The molecule has 0 radical (unpaired) electrons. The predicted molar refractivity (Wildman–Crippen MR) is 99.2 cm³/mol. The van der Waals surface area contributed by atoms with Gasteiger partial charge in [-0.25, -0.2) is 0 Å². The molecule has 5 heteroatoms. The number of furan rings is 1. The summed E-state index contributed by atoms with van der Waals surface area (Å²) in [7, 11) is 0. The Morgan fingerprint density at radius 1 is 1.04 bits per heavy atom. The Kier molecular flexibility index (Phi) is 4.41. The first-order valence-corrected chi connectivity index (χ1v) is 9.28. The molecule has 136 valence electrons. The van der Waals surface area contributed by atoms with Gasteiger partial charge in [-0.05, 0) is 50.3 Å². The van der Waals surface area contributed by atoms with Gasteiger partial charge < -0.3 is 14.6 Å². The van der Waals surface area contributed by atoms with Gasteiger partial charge in [0.2, 0.25) is 0 Å². The minimum Gasteiger partial charge on any atom is -0.451 e. The van der Waals surface area contributed by atoms with Crippen LogP contribution < -0.4 is 5.32 Å². The third-order valence-electron chi connectivity index (χ3n) is 5.84. The molecule has 2 aromatic rings. The molecule has 0 atom stereocenters. The van der Waals surface area contributed by atoms with Gasteiger partial charge in [0.05, 0.1) is 0 Å². The van der Waals surface area contributed by atoms with E-state index in [1.165, 1.54) is 6.42 Å². The van der Waals surface area contributed by atoms with E-state index in [0.717, 1.165) is 44.6 Å². The monoisotopic (exact) mass is 352 g/mol. The maximum atomic E-state index is 12.8. The van der Waals surface area contributed by atoms with Crippen LogP contribution in [0.1, 0.15) is 47.1 Å². The number of carbonyl (C=O) groups is 2. The molecular formula is C21H24N2O3. The molecule has 4 rings (SSSR count). The van der Waals surface area contributed by atoms with Crippen molar-refractivity contribution in [2.75, 3.05) is 26.2 Å². The summed E-state index contributed by atoms with van der Waals surface area (Å²) in [5, 5.41) is 3.45. The highest BCUT2D eigenvalue weighted by molar-refractivity contribution is 5.94. The second-order valence-electron chi connectivity index (χ2n) is 7.52. The second kappa shape index (κ2) is 6.72. The maximum absolute atomic E-state index is 12.8. The molecule has 3 heterocycles. The van der Waals surface area contributed by atoms with E-state index in [4.69, 9.17) is 4.42 Å². The number of rotatable bonds is 3. The SMILES string of the molecule is CC(=O)c1ccc(-c2ccc(C(=O)N3CCC4(CCNC4)CC3)o2)cc1. The molecule has 0 unspecified atom stereocenters. The lowest BCUT2D eigenvalue weighted by molar-refractivity contribution is 0.0578. The minimum atomic E-state index is -0.0302. The number of piperidine rings is 1. The zero-order chi connectivity index (χ0) is 18.1. The highest BCUT2D eigenvalue weighted by Gasteiger charge is 2.38. The smallest absolute Gasteiger partial charge is 0.289 e. The van der Waals surface area contributed by atoms with Crippen LogP contribution in [0.15, 0.2) is 40.8 Å². The van der Waals surface area contributed by atoms with Gasteiger partial charge in [0, 0.05) is 30.8 Å². The molecule has 5 nitrogen and oxygen atoms in total. The quantitative estimate of drug-likeness (QED) is 0.861. The van der Waals surface area contributed by atoms with Crippen molar-refractivity contribution in [2.24, 2.45) is 5.41 Å². The van der Waals surface area contributed by atoms with Crippen LogP contribution in [0.25, 0.3) is 11.3 Å². The van der Waals surface area contributed by atoms with Crippen molar-refractivity contribution in [3.05, 3.63) is 47.7 Å².